The Morgan fingerprint density at radius 3 is 2.67 bits per heavy atom. The Morgan fingerprint density at radius 2 is 2.08 bits per heavy atom. The molecular formula is C15H11ClN4O3S. The van der Waals surface area contributed by atoms with Crippen LogP contribution in [0.3, 0.4) is 0 Å². The van der Waals surface area contributed by atoms with E-state index in [9.17, 15) is 14.9 Å². The van der Waals surface area contributed by atoms with Crippen molar-refractivity contribution in [3.63, 3.8) is 0 Å². The van der Waals surface area contributed by atoms with Crippen LogP contribution >= 0.6 is 22.9 Å². The van der Waals surface area contributed by atoms with Gasteiger partial charge in [-0.2, -0.15) is 5.26 Å². The zero-order valence-corrected chi connectivity index (χ0v) is 14.3. The lowest BCUT2D eigenvalue weighted by atomic mass is 10.3. The maximum atomic E-state index is 12.1. The fourth-order valence-corrected chi connectivity index (χ4v) is 2.78. The molecule has 2 rings (SSSR count). The molecule has 0 radical (unpaired) electrons. The van der Waals surface area contributed by atoms with Crippen molar-refractivity contribution in [3.8, 4) is 6.07 Å². The molecule has 0 spiro atoms. The molecule has 1 aromatic carbocycles. The molecule has 24 heavy (non-hydrogen) atoms. The largest absolute Gasteiger partial charge is 0.466 e. The third-order valence-electron chi connectivity index (χ3n) is 2.88. The minimum absolute atomic E-state index is 0.0425. The third-order valence-corrected chi connectivity index (χ3v) is 4.30. The van der Waals surface area contributed by atoms with Crippen molar-refractivity contribution in [2.24, 2.45) is 17.3 Å². The number of nitrogens with zero attached hydrogens (tertiary/aromatic N) is 4. The molecule has 0 atom stereocenters. The number of rotatable bonds is 3. The van der Waals surface area contributed by atoms with Crippen LogP contribution in [0.5, 0.6) is 0 Å². The van der Waals surface area contributed by atoms with Crippen LogP contribution in [0.4, 0.5) is 5.69 Å². The van der Waals surface area contributed by atoms with Crippen molar-refractivity contribution < 1.29 is 9.53 Å². The van der Waals surface area contributed by atoms with Crippen LogP contribution in [-0.4, -0.2) is 17.6 Å². The van der Waals surface area contributed by atoms with Gasteiger partial charge in [-0.1, -0.05) is 11.6 Å². The normalized spacial score (nSPS) is 13.0. The molecule has 0 bridgehead atoms. The molecule has 2 aromatic rings. The number of thiazole rings is 1. The highest BCUT2D eigenvalue weighted by atomic mass is 35.5. The van der Waals surface area contributed by atoms with Crippen LogP contribution < -0.4 is 14.8 Å². The molecule has 1 aromatic heterocycles. The standard InChI is InChI=1S/C15H11ClN4O3S/c1-20-14(22)12(7-13(21)23-2)24-15(20)11(8-17)19-18-10-5-3-9(16)4-6-10/h3-7H,1-2H3. The van der Waals surface area contributed by atoms with Gasteiger partial charge < -0.3 is 4.74 Å². The van der Waals surface area contributed by atoms with Crippen LogP contribution in [0.2, 0.25) is 5.02 Å². The maximum absolute atomic E-state index is 12.1. The molecule has 0 fully saturated rings. The summed E-state index contributed by atoms with van der Waals surface area (Å²) in [5.41, 5.74) is 0.0453. The fourth-order valence-electron chi connectivity index (χ4n) is 1.67. The molecule has 0 amide bonds. The summed E-state index contributed by atoms with van der Waals surface area (Å²) in [6, 6.07) is 8.48. The lowest BCUT2D eigenvalue weighted by Gasteiger charge is -1.92. The average Bonchev–Trinajstić information content (AvgIpc) is 2.85. The number of carbonyl (C=O) groups is 1. The summed E-state index contributed by atoms with van der Waals surface area (Å²) in [6.07, 6.45) is 1.07. The lowest BCUT2D eigenvalue weighted by molar-refractivity contribution is -0.133. The monoisotopic (exact) mass is 362 g/mol. The van der Waals surface area contributed by atoms with Crippen LogP contribution in [0, 0.1) is 11.3 Å². The molecule has 7 nitrogen and oxygen atoms in total. The van der Waals surface area contributed by atoms with Crippen molar-refractivity contribution >= 4 is 46.4 Å². The van der Waals surface area contributed by atoms with E-state index in [1.165, 1.54) is 18.7 Å². The van der Waals surface area contributed by atoms with Gasteiger partial charge >= 0.3 is 5.97 Å². The first-order valence-electron chi connectivity index (χ1n) is 6.53. The van der Waals surface area contributed by atoms with Crippen molar-refractivity contribution in [2.75, 3.05) is 7.11 Å². The first-order chi connectivity index (χ1) is 11.5. The van der Waals surface area contributed by atoms with Gasteiger partial charge in [-0.25, -0.2) is 4.79 Å². The second-order valence-electron chi connectivity index (χ2n) is 4.44. The number of ether oxygens (including phenoxy) is 1. The number of hydrogen-bond donors (Lipinski definition) is 0. The summed E-state index contributed by atoms with van der Waals surface area (Å²) < 4.78 is 6.17. The first kappa shape index (κ1) is 17.6. The SMILES string of the molecule is COC(=O)C=c1sc(=C(C#N)N=Nc2ccc(Cl)cc2)n(C)c1=O. The number of methoxy groups -OCH3 is 1. The number of hydrogen-bond acceptors (Lipinski definition) is 7. The smallest absolute Gasteiger partial charge is 0.332 e. The van der Waals surface area contributed by atoms with Crippen molar-refractivity contribution in [3.05, 3.63) is 48.8 Å². The molecule has 0 saturated carbocycles. The van der Waals surface area contributed by atoms with E-state index in [1.807, 2.05) is 6.07 Å². The zero-order valence-electron chi connectivity index (χ0n) is 12.7. The van der Waals surface area contributed by atoms with E-state index in [2.05, 4.69) is 15.0 Å². The lowest BCUT2D eigenvalue weighted by Crippen LogP contribution is -2.29. The van der Waals surface area contributed by atoms with E-state index >= 15 is 0 Å². The molecule has 0 aliphatic heterocycles. The van der Waals surface area contributed by atoms with Gasteiger partial charge in [-0.15, -0.1) is 21.6 Å². The van der Waals surface area contributed by atoms with Gasteiger partial charge in [-0.05, 0) is 24.3 Å². The quantitative estimate of drug-likeness (QED) is 0.610. The van der Waals surface area contributed by atoms with E-state index in [4.69, 9.17) is 11.6 Å². The molecule has 0 unspecified atom stereocenters. The van der Waals surface area contributed by atoms with E-state index in [0.717, 1.165) is 17.4 Å². The summed E-state index contributed by atoms with van der Waals surface area (Å²) in [5, 5.41) is 17.7. The zero-order chi connectivity index (χ0) is 17.7. The Balaban J connectivity index is 2.56. The van der Waals surface area contributed by atoms with Gasteiger partial charge in [0, 0.05) is 18.1 Å². The minimum atomic E-state index is -0.651. The summed E-state index contributed by atoms with van der Waals surface area (Å²) in [6.45, 7) is 0. The summed E-state index contributed by atoms with van der Waals surface area (Å²) in [4.78, 5) is 23.4. The van der Waals surface area contributed by atoms with Crippen molar-refractivity contribution in [2.45, 2.75) is 0 Å². The first-order valence-corrected chi connectivity index (χ1v) is 7.73. The van der Waals surface area contributed by atoms with Crippen molar-refractivity contribution in [1.82, 2.24) is 4.57 Å². The van der Waals surface area contributed by atoms with E-state index in [0.29, 0.717) is 10.7 Å². The molecule has 0 saturated heterocycles. The van der Waals surface area contributed by atoms with Crippen LogP contribution in [-0.2, 0) is 16.6 Å². The number of nitriles is 1. The minimum Gasteiger partial charge on any atom is -0.466 e. The van der Waals surface area contributed by atoms with Gasteiger partial charge in [0.05, 0.1) is 12.8 Å². The Kier molecular flexibility index (Phi) is 5.63. The average molecular weight is 363 g/mol. The number of carbonyl (C=O) groups excluding carboxylic acids is 1. The van der Waals surface area contributed by atoms with Gasteiger partial charge in [-0.3, -0.25) is 9.36 Å². The van der Waals surface area contributed by atoms with Gasteiger partial charge in [0.1, 0.15) is 15.3 Å². The number of benzene rings is 1. The number of esters is 1. The van der Waals surface area contributed by atoms with Crippen LogP contribution in [0.25, 0.3) is 11.8 Å². The molecule has 122 valence electrons. The van der Waals surface area contributed by atoms with E-state index < -0.39 is 11.5 Å². The molecule has 0 aliphatic rings. The van der Waals surface area contributed by atoms with E-state index in [1.54, 1.807) is 24.3 Å². The predicted molar refractivity (Wildman–Crippen MR) is 90.3 cm³/mol. The fraction of sp³-hybridized carbons (Fsp3) is 0.133. The summed E-state index contributed by atoms with van der Waals surface area (Å²) >= 11 is 6.74. The third kappa shape index (κ3) is 3.95. The Hall–Kier alpha value is -2.76. The summed E-state index contributed by atoms with van der Waals surface area (Å²) in [7, 11) is 2.70. The summed E-state index contributed by atoms with van der Waals surface area (Å²) in [5.74, 6) is -0.651. The number of aromatic nitrogens is 1. The molecule has 9 heteroatoms. The van der Waals surface area contributed by atoms with Crippen LogP contribution in [0.15, 0.2) is 39.3 Å². The van der Waals surface area contributed by atoms with Gasteiger partial charge in [0.25, 0.3) is 5.56 Å². The second-order valence-corrected chi connectivity index (χ2v) is 5.91. The highest BCUT2D eigenvalue weighted by molar-refractivity contribution is 7.07. The van der Waals surface area contributed by atoms with Crippen molar-refractivity contribution in [1.29, 1.82) is 5.26 Å². The number of azo groups is 1. The van der Waals surface area contributed by atoms with Gasteiger partial charge in [0.15, 0.2) is 5.70 Å². The Morgan fingerprint density at radius 1 is 1.42 bits per heavy atom. The Labute approximate surface area is 145 Å². The molecule has 0 N–H and O–H groups in total. The van der Waals surface area contributed by atoms with Crippen LogP contribution in [0.1, 0.15) is 0 Å². The highest BCUT2D eigenvalue weighted by Crippen LogP contribution is 2.17. The molecular weight excluding hydrogens is 352 g/mol. The van der Waals surface area contributed by atoms with Gasteiger partial charge in [0.2, 0.25) is 0 Å². The topological polar surface area (TPSA) is 96.8 Å². The van der Waals surface area contributed by atoms with E-state index in [-0.39, 0.29) is 14.9 Å². The number of halogens is 1. The second kappa shape index (κ2) is 7.68. The predicted octanol–water partition coefficient (Wildman–Crippen LogP) is 1.47. The molecule has 0 aliphatic carbocycles. The Bertz CT molecular complexity index is 1010. The molecule has 1 heterocycles. The highest BCUT2D eigenvalue weighted by Gasteiger charge is 2.07. The maximum Gasteiger partial charge on any atom is 0.332 e.